The number of likely N-dealkylation sites (N-methyl/N-ethyl adjacent to an activating group) is 2. The quantitative estimate of drug-likeness (QED) is 0.871. The van der Waals surface area contributed by atoms with Crippen molar-refractivity contribution in [1.29, 1.82) is 0 Å². The molecule has 1 aliphatic rings. The van der Waals surface area contributed by atoms with Crippen LogP contribution in [-0.4, -0.2) is 44.7 Å². The predicted octanol–water partition coefficient (Wildman–Crippen LogP) is 3.65. The smallest absolute Gasteiger partial charge is 0.0415 e. The molecule has 0 aromatic heterocycles. The van der Waals surface area contributed by atoms with Crippen LogP contribution in [0, 0.1) is 0 Å². The van der Waals surface area contributed by atoms with Crippen LogP contribution in [0.15, 0.2) is 22.7 Å². The molecule has 1 fully saturated rings. The summed E-state index contributed by atoms with van der Waals surface area (Å²) in [5, 5.41) is 3.54. The first-order chi connectivity index (χ1) is 10.0. The molecule has 1 aromatic carbocycles. The summed E-state index contributed by atoms with van der Waals surface area (Å²) in [6, 6.07) is 7.64. The minimum atomic E-state index is 0.367. The van der Waals surface area contributed by atoms with Gasteiger partial charge in [0.1, 0.15) is 0 Å². The Morgan fingerprint density at radius 1 is 1.48 bits per heavy atom. The van der Waals surface area contributed by atoms with E-state index in [9.17, 15) is 0 Å². The number of hydrogen-bond donors (Lipinski definition) is 1. The van der Waals surface area contributed by atoms with Gasteiger partial charge in [-0.25, -0.2) is 0 Å². The van der Waals surface area contributed by atoms with Crippen LogP contribution in [-0.2, 0) is 0 Å². The molecule has 0 radical (unpaired) electrons. The van der Waals surface area contributed by atoms with Crippen molar-refractivity contribution >= 4 is 21.6 Å². The van der Waals surface area contributed by atoms with E-state index in [4.69, 9.17) is 0 Å². The average Bonchev–Trinajstić information content (AvgIpc) is 2.46. The highest BCUT2D eigenvalue weighted by molar-refractivity contribution is 9.10. The fourth-order valence-corrected chi connectivity index (χ4v) is 3.64. The topological polar surface area (TPSA) is 18.5 Å². The summed E-state index contributed by atoms with van der Waals surface area (Å²) in [6.07, 6.45) is 2.58. The number of anilines is 1. The number of rotatable bonds is 5. The van der Waals surface area contributed by atoms with Gasteiger partial charge in [0.25, 0.3) is 0 Å². The van der Waals surface area contributed by atoms with Crippen LogP contribution in [0.3, 0.4) is 0 Å². The summed E-state index contributed by atoms with van der Waals surface area (Å²) >= 11 is 3.62. The van der Waals surface area contributed by atoms with Gasteiger partial charge >= 0.3 is 0 Å². The molecular weight excluding hydrogens is 326 g/mol. The van der Waals surface area contributed by atoms with Crippen molar-refractivity contribution in [3.63, 3.8) is 0 Å². The van der Waals surface area contributed by atoms with Crippen molar-refractivity contribution in [2.75, 3.05) is 38.6 Å². The Balaban J connectivity index is 2.24. The number of benzene rings is 1. The van der Waals surface area contributed by atoms with Gasteiger partial charge in [-0.15, -0.1) is 0 Å². The highest BCUT2D eigenvalue weighted by Gasteiger charge is 2.23. The highest BCUT2D eigenvalue weighted by Crippen LogP contribution is 2.31. The van der Waals surface area contributed by atoms with Crippen molar-refractivity contribution < 1.29 is 0 Å². The van der Waals surface area contributed by atoms with E-state index in [1.807, 2.05) is 0 Å². The lowest BCUT2D eigenvalue weighted by molar-refractivity contribution is 0.247. The van der Waals surface area contributed by atoms with Crippen LogP contribution in [0.2, 0.25) is 0 Å². The van der Waals surface area contributed by atoms with Crippen LogP contribution in [0.4, 0.5) is 5.69 Å². The molecule has 1 saturated heterocycles. The van der Waals surface area contributed by atoms with Crippen LogP contribution >= 0.6 is 15.9 Å². The predicted molar refractivity (Wildman–Crippen MR) is 95.2 cm³/mol. The van der Waals surface area contributed by atoms with Crippen molar-refractivity contribution in [3.05, 3.63) is 28.2 Å². The Morgan fingerprint density at radius 2 is 2.24 bits per heavy atom. The Bertz CT molecular complexity index is 463. The second kappa shape index (κ2) is 7.61. The maximum absolute atomic E-state index is 3.62. The molecule has 21 heavy (non-hydrogen) atoms. The molecule has 4 heteroatoms. The Morgan fingerprint density at radius 3 is 2.90 bits per heavy atom. The van der Waals surface area contributed by atoms with Gasteiger partial charge in [0.05, 0.1) is 0 Å². The van der Waals surface area contributed by atoms with Gasteiger partial charge in [-0.1, -0.05) is 22.9 Å². The number of hydrogen-bond acceptors (Lipinski definition) is 3. The molecule has 3 nitrogen and oxygen atoms in total. The summed E-state index contributed by atoms with van der Waals surface area (Å²) in [5.41, 5.74) is 2.73. The standard InChI is InChI=1S/C17H28BrN3/c1-5-19-13(2)16-11-14(18)8-9-17(16)21(4)15-7-6-10-20(3)12-15/h8-9,11,13,15,19H,5-7,10,12H2,1-4H3. The van der Waals surface area contributed by atoms with Crippen molar-refractivity contribution in [2.45, 2.75) is 38.8 Å². The van der Waals surface area contributed by atoms with E-state index in [-0.39, 0.29) is 0 Å². The minimum absolute atomic E-state index is 0.367. The monoisotopic (exact) mass is 353 g/mol. The zero-order valence-electron chi connectivity index (χ0n) is 13.7. The van der Waals surface area contributed by atoms with Crippen molar-refractivity contribution in [1.82, 2.24) is 10.2 Å². The van der Waals surface area contributed by atoms with E-state index >= 15 is 0 Å². The van der Waals surface area contributed by atoms with Gasteiger partial charge in [-0.3, -0.25) is 0 Å². The molecule has 2 unspecified atom stereocenters. The number of likely N-dealkylation sites (tertiary alicyclic amines) is 1. The van der Waals surface area contributed by atoms with E-state index in [2.05, 4.69) is 77.2 Å². The third kappa shape index (κ3) is 4.21. The van der Waals surface area contributed by atoms with Gasteiger partial charge in [0.15, 0.2) is 0 Å². The zero-order chi connectivity index (χ0) is 15.4. The summed E-state index contributed by atoms with van der Waals surface area (Å²) in [5.74, 6) is 0. The molecule has 1 N–H and O–H groups in total. The second-order valence-corrected chi connectivity index (χ2v) is 7.07. The molecule has 0 saturated carbocycles. The largest absolute Gasteiger partial charge is 0.370 e. The summed E-state index contributed by atoms with van der Waals surface area (Å²) < 4.78 is 1.15. The van der Waals surface area contributed by atoms with Crippen molar-refractivity contribution in [2.24, 2.45) is 0 Å². The van der Waals surface area contributed by atoms with Gasteiger partial charge < -0.3 is 15.1 Å². The lowest BCUT2D eigenvalue weighted by atomic mass is 10.0. The first kappa shape index (κ1) is 16.8. The lowest BCUT2D eigenvalue weighted by Gasteiger charge is -2.38. The first-order valence-corrected chi connectivity index (χ1v) is 8.76. The van der Waals surface area contributed by atoms with Crippen LogP contribution in [0.5, 0.6) is 0 Å². The van der Waals surface area contributed by atoms with Crippen LogP contribution in [0.25, 0.3) is 0 Å². The normalized spacial score (nSPS) is 21.3. The molecular formula is C17H28BrN3. The zero-order valence-corrected chi connectivity index (χ0v) is 15.3. The first-order valence-electron chi connectivity index (χ1n) is 7.97. The van der Waals surface area contributed by atoms with E-state index < -0.39 is 0 Å². The lowest BCUT2D eigenvalue weighted by Crippen LogP contribution is -2.45. The summed E-state index contributed by atoms with van der Waals surface area (Å²) in [7, 11) is 4.47. The molecule has 0 aliphatic carbocycles. The average molecular weight is 354 g/mol. The molecule has 2 rings (SSSR count). The SMILES string of the molecule is CCNC(C)c1cc(Br)ccc1N(C)C1CCCN(C)C1. The highest BCUT2D eigenvalue weighted by atomic mass is 79.9. The fourth-order valence-electron chi connectivity index (χ4n) is 3.26. The van der Waals surface area contributed by atoms with Crippen LogP contribution in [0.1, 0.15) is 38.3 Å². The second-order valence-electron chi connectivity index (χ2n) is 6.15. The Hall–Kier alpha value is -0.580. The van der Waals surface area contributed by atoms with E-state index in [0.717, 1.165) is 17.6 Å². The molecule has 1 aliphatic heterocycles. The number of piperidine rings is 1. The number of nitrogens with one attached hydrogen (secondary N) is 1. The number of nitrogens with zero attached hydrogens (tertiary/aromatic N) is 2. The summed E-state index contributed by atoms with van der Waals surface area (Å²) in [6.45, 7) is 7.78. The maximum Gasteiger partial charge on any atom is 0.0415 e. The third-order valence-electron chi connectivity index (χ3n) is 4.49. The fraction of sp³-hybridized carbons (Fsp3) is 0.647. The number of halogens is 1. The third-order valence-corrected chi connectivity index (χ3v) is 4.99. The van der Waals surface area contributed by atoms with E-state index in [1.165, 1.54) is 30.6 Å². The van der Waals surface area contributed by atoms with Gasteiger partial charge in [-0.05, 0) is 63.7 Å². The molecule has 0 bridgehead atoms. The summed E-state index contributed by atoms with van der Waals surface area (Å²) in [4.78, 5) is 4.92. The van der Waals surface area contributed by atoms with Crippen molar-refractivity contribution in [3.8, 4) is 0 Å². The van der Waals surface area contributed by atoms with E-state index in [1.54, 1.807) is 0 Å². The van der Waals surface area contributed by atoms with Gasteiger partial charge in [0.2, 0.25) is 0 Å². The molecule has 118 valence electrons. The van der Waals surface area contributed by atoms with E-state index in [0.29, 0.717) is 12.1 Å². The van der Waals surface area contributed by atoms with Crippen LogP contribution < -0.4 is 10.2 Å². The van der Waals surface area contributed by atoms with Gasteiger partial charge in [-0.2, -0.15) is 0 Å². The Labute approximate surface area is 137 Å². The molecule has 1 aromatic rings. The molecule has 1 heterocycles. The minimum Gasteiger partial charge on any atom is -0.370 e. The Kier molecular flexibility index (Phi) is 6.08. The molecule has 0 amide bonds. The van der Waals surface area contributed by atoms with Gasteiger partial charge in [0, 0.05) is 35.8 Å². The molecule has 0 spiro atoms. The maximum atomic E-state index is 3.62. The molecule has 2 atom stereocenters.